The van der Waals surface area contributed by atoms with Crippen molar-refractivity contribution in [2.45, 2.75) is 57.5 Å². The zero-order valence-electron chi connectivity index (χ0n) is 11.7. The maximum Gasteiger partial charge on any atom is 0.329 e. The van der Waals surface area contributed by atoms with Crippen molar-refractivity contribution in [2.24, 2.45) is 0 Å². The molecular weight excluding hydrogens is 248 g/mol. The van der Waals surface area contributed by atoms with Gasteiger partial charge in [0.05, 0.1) is 6.61 Å². The van der Waals surface area contributed by atoms with E-state index in [1.54, 1.807) is 0 Å². The van der Waals surface area contributed by atoms with Crippen LogP contribution in [0, 0.1) is 0 Å². The number of carbonyl (C=O) groups is 2. The van der Waals surface area contributed by atoms with Gasteiger partial charge in [0.2, 0.25) is 0 Å². The molecule has 1 rings (SSSR count). The van der Waals surface area contributed by atoms with Crippen LogP contribution in [0.3, 0.4) is 0 Å². The molecule has 0 aromatic carbocycles. The number of aliphatic hydroxyl groups excluding tert-OH is 1. The average molecular weight is 272 g/mol. The molecule has 0 aromatic rings. The van der Waals surface area contributed by atoms with Gasteiger partial charge in [0, 0.05) is 12.6 Å². The molecule has 1 aliphatic rings. The molecule has 0 atom stereocenters. The second-order valence-electron chi connectivity index (χ2n) is 5.39. The zero-order chi connectivity index (χ0) is 14.5. The van der Waals surface area contributed by atoms with E-state index in [2.05, 4.69) is 5.32 Å². The van der Waals surface area contributed by atoms with Gasteiger partial charge in [-0.25, -0.2) is 9.59 Å². The van der Waals surface area contributed by atoms with Crippen molar-refractivity contribution in [2.75, 3.05) is 13.2 Å². The number of carboxylic acid groups (broad SMARTS) is 1. The first kappa shape index (κ1) is 15.8. The quantitative estimate of drug-likeness (QED) is 0.701. The van der Waals surface area contributed by atoms with Crippen LogP contribution >= 0.6 is 0 Å². The van der Waals surface area contributed by atoms with Gasteiger partial charge in [0.25, 0.3) is 0 Å². The van der Waals surface area contributed by atoms with E-state index in [4.69, 9.17) is 5.11 Å². The van der Waals surface area contributed by atoms with Gasteiger partial charge in [-0.1, -0.05) is 19.3 Å². The molecular formula is C13H24N2O4. The fourth-order valence-corrected chi connectivity index (χ4v) is 2.53. The SMILES string of the molecule is CC(C)N(CCO)C(=O)NC1(C(=O)O)CCCCC1. The molecule has 19 heavy (non-hydrogen) atoms. The van der Waals surface area contributed by atoms with Crippen molar-refractivity contribution in [3.8, 4) is 0 Å². The Morgan fingerprint density at radius 2 is 1.84 bits per heavy atom. The molecule has 0 aliphatic heterocycles. The first-order chi connectivity index (χ1) is 8.93. The molecule has 6 heteroatoms. The average Bonchev–Trinajstić information content (AvgIpc) is 2.36. The molecule has 1 fully saturated rings. The lowest BCUT2D eigenvalue weighted by Crippen LogP contribution is -2.59. The molecule has 0 bridgehead atoms. The van der Waals surface area contributed by atoms with Crippen molar-refractivity contribution < 1.29 is 19.8 Å². The van der Waals surface area contributed by atoms with Crippen molar-refractivity contribution in [1.29, 1.82) is 0 Å². The van der Waals surface area contributed by atoms with Crippen molar-refractivity contribution >= 4 is 12.0 Å². The summed E-state index contributed by atoms with van der Waals surface area (Å²) in [5, 5.41) is 21.1. The summed E-state index contributed by atoms with van der Waals surface area (Å²) in [4.78, 5) is 25.1. The Labute approximate surface area is 113 Å². The summed E-state index contributed by atoms with van der Waals surface area (Å²) in [6.45, 7) is 3.75. The maximum atomic E-state index is 12.2. The Morgan fingerprint density at radius 1 is 1.26 bits per heavy atom. The number of carbonyl (C=O) groups excluding carboxylic acids is 1. The van der Waals surface area contributed by atoms with Gasteiger partial charge < -0.3 is 20.4 Å². The number of hydrogen-bond acceptors (Lipinski definition) is 3. The molecule has 0 aromatic heterocycles. The van der Waals surface area contributed by atoms with Gasteiger partial charge in [0.15, 0.2) is 0 Å². The summed E-state index contributed by atoms with van der Waals surface area (Å²) in [6.07, 6.45) is 3.58. The molecule has 3 N–H and O–H groups in total. The van der Waals surface area contributed by atoms with E-state index in [0.717, 1.165) is 19.3 Å². The minimum absolute atomic E-state index is 0.0819. The number of amides is 2. The van der Waals surface area contributed by atoms with Gasteiger partial charge in [-0.3, -0.25) is 0 Å². The van der Waals surface area contributed by atoms with Crippen LogP contribution in [-0.2, 0) is 4.79 Å². The summed E-state index contributed by atoms with van der Waals surface area (Å²) in [7, 11) is 0. The topological polar surface area (TPSA) is 89.9 Å². The molecule has 110 valence electrons. The van der Waals surface area contributed by atoms with Crippen LogP contribution in [0.2, 0.25) is 0 Å². The molecule has 0 radical (unpaired) electrons. The lowest BCUT2D eigenvalue weighted by Gasteiger charge is -2.37. The minimum Gasteiger partial charge on any atom is -0.480 e. The normalized spacial score (nSPS) is 18.1. The van der Waals surface area contributed by atoms with E-state index in [-0.39, 0.29) is 19.2 Å². The number of aliphatic hydroxyl groups is 1. The standard InChI is InChI=1S/C13H24N2O4/c1-10(2)15(8-9-16)12(19)14-13(11(17)18)6-4-3-5-7-13/h10,16H,3-9H2,1-2H3,(H,14,19)(H,17,18). The van der Waals surface area contributed by atoms with E-state index < -0.39 is 17.5 Å². The highest BCUT2D eigenvalue weighted by atomic mass is 16.4. The van der Waals surface area contributed by atoms with E-state index in [9.17, 15) is 14.7 Å². The summed E-state index contributed by atoms with van der Waals surface area (Å²) in [5.41, 5.74) is -1.14. The third kappa shape index (κ3) is 3.83. The van der Waals surface area contributed by atoms with Crippen LogP contribution in [0.25, 0.3) is 0 Å². The second-order valence-corrected chi connectivity index (χ2v) is 5.39. The number of nitrogens with zero attached hydrogens (tertiary/aromatic N) is 1. The molecule has 1 aliphatic carbocycles. The summed E-state index contributed by atoms with van der Waals surface area (Å²) in [6, 6.07) is -0.491. The Bertz CT molecular complexity index is 325. The van der Waals surface area contributed by atoms with Crippen LogP contribution in [0.5, 0.6) is 0 Å². The zero-order valence-corrected chi connectivity index (χ0v) is 11.7. The Hall–Kier alpha value is -1.30. The third-order valence-corrected chi connectivity index (χ3v) is 3.69. The molecule has 0 spiro atoms. The summed E-state index contributed by atoms with van der Waals surface area (Å²) < 4.78 is 0. The predicted octanol–water partition coefficient (Wildman–Crippen LogP) is 1.19. The van der Waals surface area contributed by atoms with Crippen molar-refractivity contribution in [1.82, 2.24) is 10.2 Å². The first-order valence-electron chi connectivity index (χ1n) is 6.86. The number of aliphatic carboxylic acids is 1. The monoisotopic (exact) mass is 272 g/mol. The second kappa shape index (κ2) is 6.75. The largest absolute Gasteiger partial charge is 0.480 e. The van der Waals surface area contributed by atoms with Crippen LogP contribution < -0.4 is 5.32 Å². The number of rotatable bonds is 5. The number of nitrogens with one attached hydrogen (secondary N) is 1. The molecule has 0 saturated heterocycles. The van der Waals surface area contributed by atoms with Crippen molar-refractivity contribution in [3.63, 3.8) is 0 Å². The van der Waals surface area contributed by atoms with Gasteiger partial charge in [0.1, 0.15) is 5.54 Å². The highest BCUT2D eigenvalue weighted by Gasteiger charge is 2.41. The van der Waals surface area contributed by atoms with Gasteiger partial charge in [-0.15, -0.1) is 0 Å². The predicted molar refractivity (Wildman–Crippen MR) is 70.9 cm³/mol. The van der Waals surface area contributed by atoms with Crippen LogP contribution in [0.1, 0.15) is 46.0 Å². The van der Waals surface area contributed by atoms with E-state index in [1.165, 1.54) is 4.90 Å². The fraction of sp³-hybridized carbons (Fsp3) is 0.846. The van der Waals surface area contributed by atoms with Crippen LogP contribution in [0.15, 0.2) is 0 Å². The smallest absolute Gasteiger partial charge is 0.329 e. The third-order valence-electron chi connectivity index (χ3n) is 3.69. The van der Waals surface area contributed by atoms with E-state index in [0.29, 0.717) is 12.8 Å². The molecule has 2 amide bonds. The number of carboxylic acids is 1. The Morgan fingerprint density at radius 3 is 2.26 bits per heavy atom. The summed E-state index contributed by atoms with van der Waals surface area (Å²) >= 11 is 0. The first-order valence-corrected chi connectivity index (χ1v) is 6.86. The van der Waals surface area contributed by atoms with E-state index >= 15 is 0 Å². The van der Waals surface area contributed by atoms with Gasteiger partial charge >= 0.3 is 12.0 Å². The number of urea groups is 1. The number of hydrogen-bond donors (Lipinski definition) is 3. The summed E-state index contributed by atoms with van der Waals surface area (Å²) in [5.74, 6) is -0.965. The van der Waals surface area contributed by atoms with Crippen molar-refractivity contribution in [3.05, 3.63) is 0 Å². The Balaban J connectivity index is 2.78. The molecule has 6 nitrogen and oxygen atoms in total. The minimum atomic E-state index is -1.14. The van der Waals surface area contributed by atoms with E-state index in [1.807, 2.05) is 13.8 Å². The molecule has 1 saturated carbocycles. The highest BCUT2D eigenvalue weighted by molar-refractivity contribution is 5.86. The van der Waals surface area contributed by atoms with Gasteiger partial charge in [-0.2, -0.15) is 0 Å². The van der Waals surface area contributed by atoms with Crippen LogP contribution in [-0.4, -0.2) is 51.8 Å². The van der Waals surface area contributed by atoms with Crippen LogP contribution in [0.4, 0.5) is 4.79 Å². The molecule has 0 heterocycles. The maximum absolute atomic E-state index is 12.2. The fourth-order valence-electron chi connectivity index (χ4n) is 2.53. The Kier molecular flexibility index (Phi) is 5.60. The highest BCUT2D eigenvalue weighted by Crippen LogP contribution is 2.28. The lowest BCUT2D eigenvalue weighted by molar-refractivity contribution is -0.146. The lowest BCUT2D eigenvalue weighted by atomic mass is 9.82. The molecule has 0 unspecified atom stereocenters. The van der Waals surface area contributed by atoms with Gasteiger partial charge in [-0.05, 0) is 26.7 Å².